The van der Waals surface area contributed by atoms with Crippen LogP contribution in [0.2, 0.25) is 0 Å². The van der Waals surface area contributed by atoms with Gasteiger partial charge in [-0.15, -0.1) is 5.10 Å². The number of carbonyl (C=O) groups excluding carboxylic acids is 1. The second-order valence-corrected chi connectivity index (χ2v) is 6.49. The molecule has 26 heavy (non-hydrogen) atoms. The highest BCUT2D eigenvalue weighted by atomic mass is 16.6. The van der Waals surface area contributed by atoms with E-state index in [0.717, 1.165) is 18.4 Å². The molecular weight excluding hydrogens is 338 g/mol. The number of anilines is 1. The topological polar surface area (TPSA) is 121 Å². The molecule has 2 aromatic rings. The van der Waals surface area contributed by atoms with Gasteiger partial charge < -0.3 is 9.84 Å². The van der Waals surface area contributed by atoms with E-state index in [1.165, 1.54) is 15.8 Å². The minimum absolute atomic E-state index is 0.159. The van der Waals surface area contributed by atoms with E-state index in [2.05, 4.69) is 16.4 Å². The Kier molecular flexibility index (Phi) is 3.61. The van der Waals surface area contributed by atoms with E-state index in [4.69, 9.17) is 9.84 Å². The number of aromatic carboxylic acids is 1. The van der Waals surface area contributed by atoms with Crippen LogP contribution in [0.1, 0.15) is 28.9 Å². The highest BCUT2D eigenvalue weighted by molar-refractivity contribution is 5.89. The van der Waals surface area contributed by atoms with Crippen molar-refractivity contribution in [3.63, 3.8) is 0 Å². The molecule has 132 valence electrons. The van der Waals surface area contributed by atoms with Gasteiger partial charge in [0.05, 0.1) is 30.8 Å². The van der Waals surface area contributed by atoms with E-state index in [0.29, 0.717) is 12.2 Å². The highest BCUT2D eigenvalue weighted by Gasteiger charge is 2.45. The zero-order chi connectivity index (χ0) is 18.3. The predicted molar refractivity (Wildman–Crippen MR) is 87.6 cm³/mol. The molecule has 1 saturated carbocycles. The van der Waals surface area contributed by atoms with Crippen LogP contribution >= 0.6 is 0 Å². The summed E-state index contributed by atoms with van der Waals surface area (Å²) in [5, 5.41) is 25.4. The van der Waals surface area contributed by atoms with Crippen molar-refractivity contribution in [2.45, 2.75) is 30.9 Å². The molecule has 9 heteroatoms. The Hall–Kier alpha value is -3.41. The summed E-state index contributed by atoms with van der Waals surface area (Å²) in [6.07, 6.45) is 2.10. The van der Waals surface area contributed by atoms with Gasteiger partial charge in [0.25, 0.3) is 0 Å². The van der Waals surface area contributed by atoms with Crippen molar-refractivity contribution < 1.29 is 19.4 Å². The molecular formula is C17H15N5O4. The van der Waals surface area contributed by atoms with Crippen LogP contribution in [0, 0.1) is 11.3 Å². The van der Waals surface area contributed by atoms with Gasteiger partial charge in [-0.25, -0.2) is 14.3 Å². The van der Waals surface area contributed by atoms with Crippen LogP contribution in [0.25, 0.3) is 0 Å². The summed E-state index contributed by atoms with van der Waals surface area (Å²) in [7, 11) is 0. The summed E-state index contributed by atoms with van der Waals surface area (Å²) >= 11 is 0. The molecule has 1 amide bonds. The van der Waals surface area contributed by atoms with Crippen LogP contribution in [0.4, 0.5) is 10.5 Å². The van der Waals surface area contributed by atoms with Gasteiger partial charge in [0.15, 0.2) is 5.69 Å². The van der Waals surface area contributed by atoms with Crippen molar-refractivity contribution in [2.75, 3.05) is 11.4 Å². The fraction of sp³-hybridized carbons (Fsp3) is 0.353. The fourth-order valence-electron chi connectivity index (χ4n) is 3.07. The highest BCUT2D eigenvalue weighted by Crippen LogP contribution is 2.47. The molecule has 0 unspecified atom stereocenters. The Balaban J connectivity index is 1.44. The Morgan fingerprint density at radius 2 is 2.12 bits per heavy atom. The van der Waals surface area contributed by atoms with Crippen LogP contribution in [0.15, 0.2) is 30.5 Å². The monoisotopic (exact) mass is 353 g/mol. The number of cyclic esters (lactones) is 1. The lowest BCUT2D eigenvalue weighted by Gasteiger charge is -2.14. The van der Waals surface area contributed by atoms with Crippen molar-refractivity contribution >= 4 is 17.7 Å². The fourth-order valence-corrected chi connectivity index (χ4v) is 3.07. The van der Waals surface area contributed by atoms with Gasteiger partial charge in [-0.05, 0) is 30.5 Å². The summed E-state index contributed by atoms with van der Waals surface area (Å²) in [5.41, 5.74) is 1.14. The third-order valence-electron chi connectivity index (χ3n) is 4.72. The van der Waals surface area contributed by atoms with E-state index in [9.17, 15) is 14.9 Å². The summed E-state index contributed by atoms with van der Waals surface area (Å²) in [6.45, 7) is 0.544. The Morgan fingerprint density at radius 1 is 1.38 bits per heavy atom. The van der Waals surface area contributed by atoms with Gasteiger partial charge in [-0.2, -0.15) is 5.26 Å². The second kappa shape index (κ2) is 5.84. The Labute approximate surface area is 148 Å². The largest absolute Gasteiger partial charge is 0.476 e. The van der Waals surface area contributed by atoms with Crippen LogP contribution in [-0.4, -0.2) is 44.8 Å². The van der Waals surface area contributed by atoms with Crippen molar-refractivity contribution in [2.24, 2.45) is 0 Å². The van der Waals surface area contributed by atoms with Gasteiger partial charge >= 0.3 is 12.1 Å². The zero-order valence-corrected chi connectivity index (χ0v) is 13.7. The number of aromatic nitrogens is 3. The predicted octanol–water partition coefficient (Wildman–Crippen LogP) is 1.56. The van der Waals surface area contributed by atoms with E-state index in [1.54, 1.807) is 0 Å². The molecule has 0 spiro atoms. The minimum Gasteiger partial charge on any atom is -0.476 e. The third-order valence-corrected chi connectivity index (χ3v) is 4.72. The summed E-state index contributed by atoms with van der Waals surface area (Å²) in [4.78, 5) is 24.5. The van der Waals surface area contributed by atoms with Crippen molar-refractivity contribution in [3.8, 4) is 6.07 Å². The quantitative estimate of drug-likeness (QED) is 0.865. The summed E-state index contributed by atoms with van der Waals surface area (Å²) < 4.78 is 6.68. The normalized spacial score (nSPS) is 20.5. The molecule has 2 heterocycles. The maximum atomic E-state index is 12.2. The molecule has 2 aliphatic rings. The summed E-state index contributed by atoms with van der Waals surface area (Å²) in [6, 6.07) is 9.73. The lowest BCUT2D eigenvalue weighted by Crippen LogP contribution is -2.26. The molecule has 1 saturated heterocycles. The van der Waals surface area contributed by atoms with Crippen LogP contribution in [0.3, 0.4) is 0 Å². The first-order valence-corrected chi connectivity index (χ1v) is 8.14. The summed E-state index contributed by atoms with van der Waals surface area (Å²) in [5.74, 6) is -1.16. The molecule has 1 aromatic carbocycles. The molecule has 1 atom stereocenters. The number of carboxylic acids is 1. The Bertz CT molecular complexity index is 910. The molecule has 1 aliphatic carbocycles. The number of nitriles is 1. The lowest BCUT2D eigenvalue weighted by atomic mass is 9.97. The zero-order valence-electron chi connectivity index (χ0n) is 13.7. The average Bonchev–Trinajstić information content (AvgIpc) is 3.15. The molecule has 1 N–H and O–H groups in total. The maximum absolute atomic E-state index is 12.2. The van der Waals surface area contributed by atoms with Gasteiger partial charge in [-0.3, -0.25) is 4.90 Å². The van der Waals surface area contributed by atoms with Gasteiger partial charge in [0, 0.05) is 5.69 Å². The number of rotatable bonds is 5. The van der Waals surface area contributed by atoms with E-state index >= 15 is 0 Å². The molecule has 0 bridgehead atoms. The number of ether oxygens (including phenoxy) is 1. The lowest BCUT2D eigenvalue weighted by molar-refractivity contribution is 0.0690. The smallest absolute Gasteiger partial charge is 0.414 e. The number of amides is 1. The van der Waals surface area contributed by atoms with Crippen molar-refractivity contribution in [3.05, 3.63) is 41.7 Å². The molecule has 1 aromatic heterocycles. The van der Waals surface area contributed by atoms with Crippen LogP contribution in [-0.2, 0) is 16.7 Å². The number of nitrogens with zero attached hydrogens (tertiary/aromatic N) is 5. The molecule has 0 radical (unpaired) electrons. The van der Waals surface area contributed by atoms with Gasteiger partial charge in [-0.1, -0.05) is 17.3 Å². The first-order chi connectivity index (χ1) is 12.5. The second-order valence-electron chi connectivity index (χ2n) is 6.49. The molecule has 1 aliphatic heterocycles. The van der Waals surface area contributed by atoms with E-state index in [1.807, 2.05) is 24.3 Å². The maximum Gasteiger partial charge on any atom is 0.414 e. The third kappa shape index (κ3) is 2.75. The average molecular weight is 353 g/mol. The van der Waals surface area contributed by atoms with Gasteiger partial charge in [0.1, 0.15) is 6.10 Å². The number of carbonyl (C=O) groups is 2. The standard InChI is InChI=1S/C17H15N5O4/c18-10-17(5-6-17)11-1-3-12(4-2-11)22-8-13(26-16(22)25)7-21-9-14(15(23)24)19-20-21/h1-4,9,13H,5-8H2,(H,23,24)/t13-/m0/s1. The minimum atomic E-state index is -1.16. The SMILES string of the molecule is N#CC1(c2ccc(N3C[C@H](Cn4cc(C(=O)O)nn4)OC3=O)cc2)CC1. The molecule has 9 nitrogen and oxygen atoms in total. The number of hydrogen-bond acceptors (Lipinski definition) is 6. The van der Waals surface area contributed by atoms with E-state index in [-0.39, 0.29) is 17.7 Å². The van der Waals surface area contributed by atoms with Crippen LogP contribution in [0.5, 0.6) is 0 Å². The first-order valence-electron chi connectivity index (χ1n) is 8.14. The van der Waals surface area contributed by atoms with Crippen LogP contribution < -0.4 is 4.90 Å². The van der Waals surface area contributed by atoms with E-state index < -0.39 is 18.2 Å². The number of carboxylic acid groups (broad SMARTS) is 1. The number of hydrogen-bond donors (Lipinski definition) is 1. The van der Waals surface area contributed by atoms with Crippen molar-refractivity contribution in [1.29, 1.82) is 5.26 Å². The molecule has 2 fully saturated rings. The first kappa shape index (κ1) is 16.1. The molecule has 4 rings (SSSR count). The van der Waals surface area contributed by atoms with Crippen molar-refractivity contribution in [1.82, 2.24) is 15.0 Å². The Morgan fingerprint density at radius 3 is 2.69 bits per heavy atom. The number of benzene rings is 1. The van der Waals surface area contributed by atoms with Gasteiger partial charge in [0.2, 0.25) is 0 Å².